The lowest BCUT2D eigenvalue weighted by Gasteiger charge is -2.17. The maximum atomic E-state index is 10.2. The maximum absolute atomic E-state index is 10.2. The van der Waals surface area contributed by atoms with E-state index in [1.807, 2.05) is 20.8 Å². The lowest BCUT2D eigenvalue weighted by atomic mass is 9.87. The van der Waals surface area contributed by atoms with Gasteiger partial charge in [-0.2, -0.15) is 0 Å². The van der Waals surface area contributed by atoms with Crippen LogP contribution in [-0.4, -0.2) is 11.1 Å². The Bertz CT molecular complexity index is 282. The van der Waals surface area contributed by atoms with Crippen LogP contribution in [0, 0.1) is 17.8 Å². The van der Waals surface area contributed by atoms with Gasteiger partial charge in [-0.05, 0) is 11.5 Å². The smallest absolute Gasteiger partial charge is 0.328 e. The van der Waals surface area contributed by atoms with Gasteiger partial charge < -0.3 is 5.11 Å². The molecule has 0 atom stereocenters. The number of carboxylic acids is 1. The van der Waals surface area contributed by atoms with Gasteiger partial charge >= 0.3 is 5.97 Å². The molecule has 0 aliphatic heterocycles. The molecule has 0 unspecified atom stereocenters. The predicted octanol–water partition coefficient (Wildman–Crippen LogP) is 2.23. The summed E-state index contributed by atoms with van der Waals surface area (Å²) in [6.45, 7) is 5.94. The van der Waals surface area contributed by atoms with Gasteiger partial charge in [-0.15, -0.1) is 6.42 Å². The highest BCUT2D eigenvalue weighted by molar-refractivity contribution is 5.80. The molecule has 13 heavy (non-hydrogen) atoms. The molecule has 2 heteroatoms. The van der Waals surface area contributed by atoms with Crippen LogP contribution < -0.4 is 0 Å². The minimum absolute atomic E-state index is 0.113. The number of hydrogen-bond donors (Lipinski definition) is 1. The Morgan fingerprint density at radius 1 is 1.46 bits per heavy atom. The number of aliphatic carboxylic acids is 1. The standard InChI is InChI=1S/C11H14O2/c1-5-9(11(2,3)4)7-6-8-10(12)13/h1,6-8H,2-4H3,(H,12,13)/b8-6+,9-7+. The molecule has 0 spiro atoms. The van der Waals surface area contributed by atoms with Crippen molar-refractivity contribution in [3.05, 3.63) is 23.8 Å². The second-order valence-electron chi connectivity index (χ2n) is 3.67. The molecule has 0 aliphatic rings. The van der Waals surface area contributed by atoms with E-state index in [4.69, 9.17) is 11.5 Å². The normalized spacial score (nSPS) is 12.9. The quantitative estimate of drug-likeness (QED) is 0.400. The van der Waals surface area contributed by atoms with Gasteiger partial charge in [0.05, 0.1) is 0 Å². The molecule has 0 fully saturated rings. The summed E-state index contributed by atoms with van der Waals surface area (Å²) in [5.41, 5.74) is 0.669. The van der Waals surface area contributed by atoms with E-state index in [0.717, 1.165) is 11.6 Å². The second-order valence-corrected chi connectivity index (χ2v) is 3.67. The average molecular weight is 178 g/mol. The molecule has 0 rings (SSSR count). The molecule has 0 bridgehead atoms. The Morgan fingerprint density at radius 3 is 2.31 bits per heavy atom. The Morgan fingerprint density at radius 2 is 2.00 bits per heavy atom. The molecular weight excluding hydrogens is 164 g/mol. The van der Waals surface area contributed by atoms with Crippen LogP contribution in [-0.2, 0) is 4.79 Å². The summed E-state index contributed by atoms with van der Waals surface area (Å²) in [6.07, 6.45) is 9.43. The monoisotopic (exact) mass is 178 g/mol. The molecule has 0 aromatic carbocycles. The molecule has 0 saturated heterocycles. The van der Waals surface area contributed by atoms with Crippen molar-refractivity contribution in [3.63, 3.8) is 0 Å². The largest absolute Gasteiger partial charge is 0.478 e. The number of allylic oxidation sites excluding steroid dienone is 3. The molecule has 0 radical (unpaired) electrons. The van der Waals surface area contributed by atoms with Crippen molar-refractivity contribution in [1.29, 1.82) is 0 Å². The number of carboxylic acid groups (broad SMARTS) is 1. The predicted molar refractivity (Wildman–Crippen MR) is 53.1 cm³/mol. The van der Waals surface area contributed by atoms with Gasteiger partial charge in [0.2, 0.25) is 0 Å². The number of rotatable bonds is 2. The zero-order valence-corrected chi connectivity index (χ0v) is 8.16. The van der Waals surface area contributed by atoms with Crippen LogP contribution in [0.3, 0.4) is 0 Å². The van der Waals surface area contributed by atoms with Gasteiger partial charge in [0, 0.05) is 11.6 Å². The van der Waals surface area contributed by atoms with Crippen LogP contribution in [0.5, 0.6) is 0 Å². The average Bonchev–Trinajstić information content (AvgIpc) is 1.95. The third kappa shape index (κ3) is 4.86. The fraction of sp³-hybridized carbons (Fsp3) is 0.364. The van der Waals surface area contributed by atoms with Gasteiger partial charge in [-0.1, -0.05) is 32.8 Å². The summed E-state index contributed by atoms with van der Waals surface area (Å²) in [4.78, 5) is 10.2. The Labute approximate surface area is 79.0 Å². The Kier molecular flexibility index (Phi) is 4.00. The zero-order valence-electron chi connectivity index (χ0n) is 8.16. The van der Waals surface area contributed by atoms with E-state index in [1.54, 1.807) is 6.08 Å². The first-order valence-corrected chi connectivity index (χ1v) is 3.96. The molecule has 0 heterocycles. The summed E-state index contributed by atoms with van der Waals surface area (Å²) < 4.78 is 0. The number of terminal acetylenes is 1. The molecule has 0 aliphatic carbocycles. The van der Waals surface area contributed by atoms with Crippen molar-refractivity contribution >= 4 is 5.97 Å². The van der Waals surface area contributed by atoms with E-state index in [2.05, 4.69) is 5.92 Å². The Hall–Kier alpha value is -1.49. The lowest BCUT2D eigenvalue weighted by Crippen LogP contribution is -2.07. The van der Waals surface area contributed by atoms with Crippen molar-refractivity contribution in [1.82, 2.24) is 0 Å². The molecule has 0 saturated carbocycles. The van der Waals surface area contributed by atoms with E-state index in [-0.39, 0.29) is 5.41 Å². The summed E-state index contributed by atoms with van der Waals surface area (Å²) >= 11 is 0. The van der Waals surface area contributed by atoms with E-state index in [0.29, 0.717) is 0 Å². The van der Waals surface area contributed by atoms with E-state index in [1.165, 1.54) is 6.08 Å². The number of carbonyl (C=O) groups is 1. The molecule has 0 aromatic heterocycles. The van der Waals surface area contributed by atoms with Crippen molar-refractivity contribution in [2.75, 3.05) is 0 Å². The lowest BCUT2D eigenvalue weighted by molar-refractivity contribution is -0.131. The first-order valence-electron chi connectivity index (χ1n) is 3.96. The van der Waals surface area contributed by atoms with Crippen LogP contribution in [0.2, 0.25) is 0 Å². The van der Waals surface area contributed by atoms with E-state index in [9.17, 15) is 4.79 Å². The first kappa shape index (κ1) is 11.5. The van der Waals surface area contributed by atoms with Crippen molar-refractivity contribution in [3.8, 4) is 12.3 Å². The number of hydrogen-bond acceptors (Lipinski definition) is 1. The van der Waals surface area contributed by atoms with Crippen LogP contribution >= 0.6 is 0 Å². The summed E-state index contributed by atoms with van der Waals surface area (Å²) in [6, 6.07) is 0. The van der Waals surface area contributed by atoms with Crippen molar-refractivity contribution in [2.24, 2.45) is 5.41 Å². The summed E-state index contributed by atoms with van der Waals surface area (Å²) in [5.74, 6) is 1.56. The maximum Gasteiger partial charge on any atom is 0.328 e. The molecule has 70 valence electrons. The molecule has 2 nitrogen and oxygen atoms in total. The van der Waals surface area contributed by atoms with Crippen molar-refractivity contribution < 1.29 is 9.90 Å². The summed E-state index contributed by atoms with van der Waals surface area (Å²) in [5, 5.41) is 8.33. The van der Waals surface area contributed by atoms with Crippen molar-refractivity contribution in [2.45, 2.75) is 20.8 Å². The van der Waals surface area contributed by atoms with Crippen LogP contribution in [0.1, 0.15) is 20.8 Å². The van der Waals surface area contributed by atoms with Crippen LogP contribution in [0.15, 0.2) is 23.8 Å². The van der Waals surface area contributed by atoms with Gasteiger partial charge in [0.15, 0.2) is 0 Å². The molecule has 1 N–H and O–H groups in total. The SMILES string of the molecule is C#C/C(=C\C=C\C(=O)O)C(C)(C)C. The minimum atomic E-state index is -0.971. The summed E-state index contributed by atoms with van der Waals surface area (Å²) in [7, 11) is 0. The highest BCUT2D eigenvalue weighted by atomic mass is 16.4. The third-order valence-electron chi connectivity index (χ3n) is 1.47. The zero-order chi connectivity index (χ0) is 10.5. The fourth-order valence-electron chi connectivity index (χ4n) is 0.741. The van der Waals surface area contributed by atoms with E-state index >= 15 is 0 Å². The third-order valence-corrected chi connectivity index (χ3v) is 1.47. The van der Waals surface area contributed by atoms with Crippen LogP contribution in [0.25, 0.3) is 0 Å². The highest BCUT2D eigenvalue weighted by Crippen LogP contribution is 2.23. The fourth-order valence-corrected chi connectivity index (χ4v) is 0.741. The molecular formula is C11H14O2. The minimum Gasteiger partial charge on any atom is -0.478 e. The topological polar surface area (TPSA) is 37.3 Å². The van der Waals surface area contributed by atoms with Crippen LogP contribution in [0.4, 0.5) is 0 Å². The Balaban J connectivity index is 4.63. The first-order chi connectivity index (χ1) is 5.88. The van der Waals surface area contributed by atoms with Gasteiger partial charge in [-0.25, -0.2) is 4.79 Å². The second kappa shape index (κ2) is 4.51. The van der Waals surface area contributed by atoms with Gasteiger partial charge in [0.25, 0.3) is 0 Å². The van der Waals surface area contributed by atoms with Gasteiger partial charge in [-0.3, -0.25) is 0 Å². The van der Waals surface area contributed by atoms with E-state index < -0.39 is 5.97 Å². The highest BCUT2D eigenvalue weighted by Gasteiger charge is 2.13. The van der Waals surface area contributed by atoms with Gasteiger partial charge in [0.1, 0.15) is 0 Å². The molecule has 0 aromatic rings. The molecule has 0 amide bonds.